The summed E-state index contributed by atoms with van der Waals surface area (Å²) in [6, 6.07) is 0. The summed E-state index contributed by atoms with van der Waals surface area (Å²) in [4.78, 5) is 0. The third kappa shape index (κ3) is 2510. The van der Waals surface area contributed by atoms with Crippen LogP contribution in [0.2, 0.25) is 0 Å². The zero-order valence-electron chi connectivity index (χ0n) is 7.55. The Labute approximate surface area is 83.8 Å². The topological polar surface area (TPSA) is 92.2 Å². The van der Waals surface area contributed by atoms with E-state index in [0.29, 0.717) is 0 Å². The molecule has 11 heavy (non-hydrogen) atoms. The molecule has 0 atom stereocenters. The molecule has 0 saturated heterocycles. The summed E-state index contributed by atoms with van der Waals surface area (Å²) >= 11 is 0. The van der Waals surface area contributed by atoms with E-state index in [1.165, 1.54) is 0 Å². The van der Waals surface area contributed by atoms with Crippen LogP contribution in [0.3, 0.4) is 0 Å². The van der Waals surface area contributed by atoms with E-state index in [2.05, 4.69) is 0 Å². The standard InChI is InChI=1S/2C2H5O.2CH3O.Ti/c2*1-2-3;2*1-2;/h2*2H2,1H3;2*1H3;/q4*-1;+4. The van der Waals surface area contributed by atoms with Crippen LogP contribution in [0.15, 0.2) is 0 Å². The molecule has 0 N–H and O–H groups in total. The fourth-order valence-corrected chi connectivity index (χ4v) is 0. The minimum Gasteiger partial charge on any atom is -0.857 e. The molecule has 0 bridgehead atoms. The van der Waals surface area contributed by atoms with Gasteiger partial charge in [-0.05, 0) is 0 Å². The molecule has 0 aromatic carbocycles. The van der Waals surface area contributed by atoms with E-state index in [4.69, 9.17) is 20.4 Å². The summed E-state index contributed by atoms with van der Waals surface area (Å²) in [7, 11) is 1.50. The van der Waals surface area contributed by atoms with Gasteiger partial charge in [-0.15, -0.1) is 13.2 Å². The van der Waals surface area contributed by atoms with Gasteiger partial charge < -0.3 is 20.4 Å². The summed E-state index contributed by atoms with van der Waals surface area (Å²) < 4.78 is 0. The molecule has 0 aliphatic rings. The Hall–Kier alpha value is 0.554. The molecule has 0 aromatic heterocycles. The Morgan fingerprint density at radius 2 is 0.727 bits per heavy atom. The molecule has 0 unspecified atom stereocenters. The van der Waals surface area contributed by atoms with E-state index >= 15 is 0 Å². The molecule has 0 aliphatic carbocycles. The zero-order valence-corrected chi connectivity index (χ0v) is 9.11. The second-order valence-corrected chi connectivity index (χ2v) is 0.577. The van der Waals surface area contributed by atoms with Gasteiger partial charge in [0, 0.05) is 0 Å². The molecule has 5 heteroatoms. The van der Waals surface area contributed by atoms with Gasteiger partial charge in [-0.3, -0.25) is 0 Å². The molecule has 0 radical (unpaired) electrons. The molecule has 0 aliphatic heterocycles. The van der Waals surface area contributed by atoms with Crippen LogP contribution in [0.5, 0.6) is 0 Å². The van der Waals surface area contributed by atoms with Gasteiger partial charge in [0.25, 0.3) is 0 Å². The molecule has 0 rings (SSSR count). The monoisotopic (exact) mass is 200 g/mol. The molecule has 0 aromatic rings. The number of hydrogen-bond acceptors (Lipinski definition) is 4. The van der Waals surface area contributed by atoms with Crippen molar-refractivity contribution in [3.05, 3.63) is 0 Å². The fourth-order valence-electron chi connectivity index (χ4n) is 0. The van der Waals surface area contributed by atoms with Gasteiger partial charge in [0.05, 0.1) is 0 Å². The maximum Gasteiger partial charge on any atom is 4.00 e. The van der Waals surface area contributed by atoms with Crippen molar-refractivity contribution in [2.24, 2.45) is 0 Å². The summed E-state index contributed by atoms with van der Waals surface area (Å²) in [5.41, 5.74) is 0. The van der Waals surface area contributed by atoms with Crippen molar-refractivity contribution < 1.29 is 42.1 Å². The molecule has 0 saturated carbocycles. The Balaban J connectivity index is -0.0000000144. The van der Waals surface area contributed by atoms with Gasteiger partial charge in [0.1, 0.15) is 0 Å². The van der Waals surface area contributed by atoms with Gasteiger partial charge in [-0.2, -0.15) is 14.2 Å². The van der Waals surface area contributed by atoms with Gasteiger partial charge in [-0.1, -0.05) is 13.8 Å². The van der Waals surface area contributed by atoms with Gasteiger partial charge in [-0.25, -0.2) is 0 Å². The molecule has 68 valence electrons. The predicted molar refractivity (Wildman–Crippen MR) is 32.9 cm³/mol. The third-order valence-corrected chi connectivity index (χ3v) is 0. The van der Waals surface area contributed by atoms with Crippen LogP contribution in [0.1, 0.15) is 13.8 Å². The van der Waals surface area contributed by atoms with Gasteiger partial charge in [0.2, 0.25) is 0 Å². The molecule has 0 fully saturated rings. The van der Waals surface area contributed by atoms with Crippen molar-refractivity contribution in [1.82, 2.24) is 0 Å². The zero-order chi connectivity index (χ0) is 9.41. The van der Waals surface area contributed by atoms with Crippen molar-refractivity contribution >= 4 is 0 Å². The quantitative estimate of drug-likeness (QED) is 0.382. The summed E-state index contributed by atoms with van der Waals surface area (Å²) in [6.45, 7) is 3.14. The van der Waals surface area contributed by atoms with E-state index in [9.17, 15) is 0 Å². The average molecular weight is 200 g/mol. The van der Waals surface area contributed by atoms with Crippen LogP contribution in [0.25, 0.3) is 0 Å². The summed E-state index contributed by atoms with van der Waals surface area (Å²) in [6.07, 6.45) is 0. The SMILES string of the molecule is CC[O-].CC[O-].C[O-].C[O-].[Ti+4]. The third-order valence-electron chi connectivity index (χ3n) is 0. The molecular formula is C6H16O4Ti. The van der Waals surface area contributed by atoms with Crippen molar-refractivity contribution in [2.75, 3.05) is 27.4 Å². The van der Waals surface area contributed by atoms with Crippen molar-refractivity contribution in [1.29, 1.82) is 0 Å². The van der Waals surface area contributed by atoms with Gasteiger partial charge in [0.15, 0.2) is 0 Å². The second-order valence-electron chi connectivity index (χ2n) is 0.577. The minimum atomic E-state index is 0. The summed E-state index contributed by atoms with van der Waals surface area (Å²) in [5, 5.41) is 34.4. The normalized spacial score (nSPS) is 4.36. The van der Waals surface area contributed by atoms with E-state index in [1.807, 2.05) is 0 Å². The van der Waals surface area contributed by atoms with Crippen LogP contribution in [-0.4, -0.2) is 27.4 Å². The van der Waals surface area contributed by atoms with Crippen LogP contribution >= 0.6 is 0 Å². The Morgan fingerprint density at radius 3 is 0.727 bits per heavy atom. The van der Waals surface area contributed by atoms with Crippen LogP contribution in [0, 0.1) is 0 Å². The minimum absolute atomic E-state index is 0. The van der Waals surface area contributed by atoms with Crippen LogP contribution < -0.4 is 20.4 Å². The molecule has 0 spiro atoms. The Morgan fingerprint density at radius 1 is 0.727 bits per heavy atom. The second kappa shape index (κ2) is 148. The van der Waals surface area contributed by atoms with E-state index < -0.39 is 0 Å². The van der Waals surface area contributed by atoms with E-state index in [0.717, 1.165) is 14.2 Å². The first-order valence-electron chi connectivity index (χ1n) is 2.81. The van der Waals surface area contributed by atoms with Crippen molar-refractivity contribution in [2.45, 2.75) is 13.8 Å². The van der Waals surface area contributed by atoms with Crippen LogP contribution in [-0.2, 0) is 21.7 Å². The fraction of sp³-hybridized carbons (Fsp3) is 1.00. The number of hydrogen-bond donors (Lipinski definition) is 0. The maximum absolute atomic E-state index is 8.93. The Bertz CT molecular complexity index is 16.5. The average Bonchev–Trinajstić information content (AvgIpc) is 1.99. The maximum atomic E-state index is 8.93. The molecular weight excluding hydrogens is 184 g/mol. The first kappa shape index (κ1) is 30.0. The van der Waals surface area contributed by atoms with Crippen molar-refractivity contribution in [3.8, 4) is 0 Å². The first-order chi connectivity index (χ1) is 4.83. The predicted octanol–water partition coefficient (Wildman–Crippen LogP) is -3.32. The largest absolute Gasteiger partial charge is 4.00 e. The van der Waals surface area contributed by atoms with Gasteiger partial charge >= 0.3 is 21.7 Å². The molecule has 0 amide bonds. The smallest absolute Gasteiger partial charge is 0.857 e. The molecule has 4 nitrogen and oxygen atoms in total. The van der Waals surface area contributed by atoms with Crippen LogP contribution in [0.4, 0.5) is 0 Å². The number of rotatable bonds is 0. The Kier molecular flexibility index (Phi) is 402. The summed E-state index contributed by atoms with van der Waals surface area (Å²) in [5.74, 6) is 0. The van der Waals surface area contributed by atoms with Crippen molar-refractivity contribution in [3.63, 3.8) is 0 Å². The first-order valence-corrected chi connectivity index (χ1v) is 2.81. The van der Waals surface area contributed by atoms with E-state index in [-0.39, 0.29) is 34.9 Å². The molecule has 0 heterocycles. The van der Waals surface area contributed by atoms with E-state index in [1.54, 1.807) is 13.8 Å².